The molecule has 0 spiro atoms. The van der Waals surface area contributed by atoms with Crippen molar-refractivity contribution >= 4 is 33.6 Å². The van der Waals surface area contributed by atoms with Gasteiger partial charge in [0.1, 0.15) is 11.0 Å². The standard InChI is InChI=1S/C20H22N4O2/c21-13-7-9-17-15(11-13)23-19(25-17)5-3-1-2-4-6-20-24-16-12-14(22)8-10-18(16)26-20/h7-12H,1-6,21-22H2. The lowest BCUT2D eigenvalue weighted by molar-refractivity contribution is 0.491. The Bertz CT molecular complexity index is 951. The molecule has 6 nitrogen and oxygen atoms in total. The third kappa shape index (κ3) is 3.64. The van der Waals surface area contributed by atoms with Crippen LogP contribution in [0.15, 0.2) is 45.2 Å². The first-order valence-corrected chi connectivity index (χ1v) is 8.97. The summed E-state index contributed by atoms with van der Waals surface area (Å²) in [7, 11) is 0. The van der Waals surface area contributed by atoms with Crippen LogP contribution >= 0.6 is 0 Å². The van der Waals surface area contributed by atoms with Crippen molar-refractivity contribution in [3.63, 3.8) is 0 Å². The fourth-order valence-electron chi connectivity index (χ4n) is 3.10. The molecular formula is C20H22N4O2. The van der Waals surface area contributed by atoms with Crippen LogP contribution in [0.5, 0.6) is 0 Å². The predicted octanol–water partition coefficient (Wildman–Crippen LogP) is 4.48. The van der Waals surface area contributed by atoms with Gasteiger partial charge in [0.2, 0.25) is 0 Å². The number of anilines is 2. The summed E-state index contributed by atoms with van der Waals surface area (Å²) in [6, 6.07) is 11.1. The van der Waals surface area contributed by atoms with Gasteiger partial charge < -0.3 is 20.3 Å². The second-order valence-corrected chi connectivity index (χ2v) is 6.58. The zero-order valence-electron chi connectivity index (χ0n) is 14.6. The van der Waals surface area contributed by atoms with E-state index in [-0.39, 0.29) is 0 Å². The van der Waals surface area contributed by atoms with Crippen LogP contribution in [0.3, 0.4) is 0 Å². The Morgan fingerprint density at radius 2 is 1.12 bits per heavy atom. The topological polar surface area (TPSA) is 104 Å². The lowest BCUT2D eigenvalue weighted by Gasteiger charge is -1.98. The van der Waals surface area contributed by atoms with Gasteiger partial charge in [0.15, 0.2) is 22.9 Å². The largest absolute Gasteiger partial charge is 0.441 e. The Hall–Kier alpha value is -3.02. The molecule has 0 aliphatic carbocycles. The van der Waals surface area contributed by atoms with Crippen LogP contribution in [0.1, 0.15) is 37.5 Å². The molecular weight excluding hydrogens is 328 g/mol. The summed E-state index contributed by atoms with van der Waals surface area (Å²) >= 11 is 0. The highest BCUT2D eigenvalue weighted by Gasteiger charge is 2.07. The number of benzene rings is 2. The van der Waals surface area contributed by atoms with E-state index in [1.807, 2.05) is 36.4 Å². The SMILES string of the molecule is Nc1ccc2oc(CCCCCCc3nc4cc(N)ccc4o3)nc2c1. The van der Waals surface area contributed by atoms with Gasteiger partial charge in [-0.15, -0.1) is 0 Å². The third-order valence-electron chi connectivity index (χ3n) is 4.44. The first-order chi connectivity index (χ1) is 12.7. The highest BCUT2D eigenvalue weighted by molar-refractivity contribution is 5.77. The fourth-order valence-corrected chi connectivity index (χ4v) is 3.10. The Balaban J connectivity index is 1.22. The number of fused-ring (bicyclic) bond motifs is 2. The van der Waals surface area contributed by atoms with Gasteiger partial charge in [0.25, 0.3) is 0 Å². The number of rotatable bonds is 7. The Kier molecular flexibility index (Phi) is 4.48. The number of aryl methyl sites for hydroxylation is 2. The molecule has 0 saturated heterocycles. The number of nitrogen functional groups attached to an aromatic ring is 2. The van der Waals surface area contributed by atoms with E-state index in [9.17, 15) is 0 Å². The molecule has 2 aromatic heterocycles. The highest BCUT2D eigenvalue weighted by Crippen LogP contribution is 2.21. The molecule has 134 valence electrons. The number of nitrogens with two attached hydrogens (primary N) is 2. The molecule has 0 bridgehead atoms. The number of hydrogen-bond donors (Lipinski definition) is 2. The molecule has 0 amide bonds. The number of aromatic nitrogens is 2. The van der Waals surface area contributed by atoms with E-state index in [0.29, 0.717) is 11.4 Å². The Morgan fingerprint density at radius 1 is 0.654 bits per heavy atom. The van der Waals surface area contributed by atoms with Crippen molar-refractivity contribution in [2.45, 2.75) is 38.5 Å². The van der Waals surface area contributed by atoms with Gasteiger partial charge in [0, 0.05) is 24.2 Å². The van der Waals surface area contributed by atoms with Crippen molar-refractivity contribution in [3.8, 4) is 0 Å². The zero-order valence-corrected chi connectivity index (χ0v) is 14.6. The molecule has 4 rings (SSSR count). The van der Waals surface area contributed by atoms with Gasteiger partial charge in [-0.1, -0.05) is 12.8 Å². The highest BCUT2D eigenvalue weighted by atomic mass is 16.4. The van der Waals surface area contributed by atoms with E-state index < -0.39 is 0 Å². The number of unbranched alkanes of at least 4 members (excludes halogenated alkanes) is 3. The van der Waals surface area contributed by atoms with Crippen LogP contribution in [0, 0.1) is 0 Å². The van der Waals surface area contributed by atoms with E-state index >= 15 is 0 Å². The monoisotopic (exact) mass is 350 g/mol. The van der Waals surface area contributed by atoms with Gasteiger partial charge in [-0.25, -0.2) is 9.97 Å². The summed E-state index contributed by atoms with van der Waals surface area (Å²) in [4.78, 5) is 8.98. The lowest BCUT2D eigenvalue weighted by atomic mass is 10.1. The second-order valence-electron chi connectivity index (χ2n) is 6.58. The van der Waals surface area contributed by atoms with Gasteiger partial charge in [0.05, 0.1) is 0 Å². The van der Waals surface area contributed by atoms with Crippen molar-refractivity contribution in [2.75, 3.05) is 11.5 Å². The minimum Gasteiger partial charge on any atom is -0.441 e. The van der Waals surface area contributed by atoms with Crippen molar-refractivity contribution in [1.82, 2.24) is 9.97 Å². The zero-order chi connectivity index (χ0) is 17.9. The average Bonchev–Trinajstić information content (AvgIpc) is 3.20. The summed E-state index contributed by atoms with van der Waals surface area (Å²) < 4.78 is 11.5. The first-order valence-electron chi connectivity index (χ1n) is 8.97. The molecule has 0 aliphatic heterocycles. The Labute approximate surface area is 151 Å². The molecule has 6 heteroatoms. The fraction of sp³-hybridized carbons (Fsp3) is 0.300. The molecule has 0 saturated carbocycles. The maximum absolute atomic E-state index is 5.77. The van der Waals surface area contributed by atoms with Gasteiger partial charge >= 0.3 is 0 Å². The lowest BCUT2D eigenvalue weighted by Crippen LogP contribution is -1.89. The maximum Gasteiger partial charge on any atom is 0.195 e. The number of oxazole rings is 2. The molecule has 0 atom stereocenters. The van der Waals surface area contributed by atoms with E-state index in [1.165, 1.54) is 0 Å². The number of hydrogen-bond acceptors (Lipinski definition) is 6. The molecule has 0 fully saturated rings. The quantitative estimate of drug-likeness (QED) is 0.376. The van der Waals surface area contributed by atoms with Crippen LogP contribution in [0.4, 0.5) is 11.4 Å². The van der Waals surface area contributed by atoms with E-state index in [4.69, 9.17) is 20.3 Å². The van der Waals surface area contributed by atoms with Gasteiger partial charge in [-0.05, 0) is 49.2 Å². The summed E-state index contributed by atoms with van der Waals surface area (Å²) in [6.07, 6.45) is 6.02. The van der Waals surface area contributed by atoms with Gasteiger partial charge in [-0.2, -0.15) is 0 Å². The number of nitrogens with zero attached hydrogens (tertiary/aromatic N) is 2. The average molecular weight is 350 g/mol. The van der Waals surface area contributed by atoms with Crippen LogP contribution in [0.25, 0.3) is 22.2 Å². The minimum absolute atomic E-state index is 0.708. The molecule has 4 aromatic rings. The first kappa shape index (κ1) is 16.4. The molecule has 0 unspecified atom stereocenters. The smallest absolute Gasteiger partial charge is 0.195 e. The van der Waals surface area contributed by atoms with Crippen LogP contribution < -0.4 is 11.5 Å². The summed E-state index contributed by atoms with van der Waals surface area (Å²) in [5, 5.41) is 0. The molecule has 4 N–H and O–H groups in total. The van der Waals surface area contributed by atoms with E-state index in [0.717, 1.165) is 72.5 Å². The van der Waals surface area contributed by atoms with Crippen molar-refractivity contribution < 1.29 is 8.83 Å². The molecule has 2 heterocycles. The molecule has 2 aromatic carbocycles. The Morgan fingerprint density at radius 3 is 1.58 bits per heavy atom. The minimum atomic E-state index is 0.708. The molecule has 26 heavy (non-hydrogen) atoms. The molecule has 0 aliphatic rings. The maximum atomic E-state index is 5.77. The summed E-state index contributed by atoms with van der Waals surface area (Å²) in [5.41, 5.74) is 16.2. The summed E-state index contributed by atoms with van der Waals surface area (Å²) in [6.45, 7) is 0. The third-order valence-corrected chi connectivity index (χ3v) is 4.44. The predicted molar refractivity (Wildman–Crippen MR) is 103 cm³/mol. The van der Waals surface area contributed by atoms with Crippen LogP contribution in [-0.4, -0.2) is 9.97 Å². The van der Waals surface area contributed by atoms with Crippen LogP contribution in [-0.2, 0) is 12.8 Å². The van der Waals surface area contributed by atoms with Crippen molar-refractivity contribution in [2.24, 2.45) is 0 Å². The van der Waals surface area contributed by atoms with Gasteiger partial charge in [-0.3, -0.25) is 0 Å². The van der Waals surface area contributed by atoms with E-state index in [1.54, 1.807) is 0 Å². The summed E-state index contributed by atoms with van der Waals surface area (Å²) in [5.74, 6) is 1.56. The van der Waals surface area contributed by atoms with Crippen molar-refractivity contribution in [3.05, 3.63) is 48.2 Å². The second kappa shape index (κ2) is 7.07. The normalized spacial score (nSPS) is 11.5. The van der Waals surface area contributed by atoms with Crippen molar-refractivity contribution in [1.29, 1.82) is 0 Å². The molecule has 0 radical (unpaired) electrons. The van der Waals surface area contributed by atoms with E-state index in [2.05, 4.69) is 9.97 Å². The van der Waals surface area contributed by atoms with Crippen LogP contribution in [0.2, 0.25) is 0 Å².